The van der Waals surface area contributed by atoms with Gasteiger partial charge in [-0.1, -0.05) is 48.0 Å². The normalized spacial score (nSPS) is 11.5. The Labute approximate surface area is 138 Å². The predicted octanol–water partition coefficient (Wildman–Crippen LogP) is 3.68. The van der Waals surface area contributed by atoms with Gasteiger partial charge in [0.1, 0.15) is 0 Å². The number of allylic oxidation sites excluding steroid dienone is 1. The second-order valence-electron chi connectivity index (χ2n) is 5.26. The molecule has 0 atom stereocenters. The van der Waals surface area contributed by atoms with Crippen LogP contribution < -0.4 is 0 Å². The molecule has 23 heavy (non-hydrogen) atoms. The first-order chi connectivity index (χ1) is 10.9. The summed E-state index contributed by atoms with van der Waals surface area (Å²) in [7, 11) is -2.14. The van der Waals surface area contributed by atoms with E-state index in [1.807, 2.05) is 50.3 Å². The van der Waals surface area contributed by atoms with Crippen LogP contribution in [0.3, 0.4) is 0 Å². The van der Waals surface area contributed by atoms with E-state index in [0.29, 0.717) is 0 Å². The summed E-state index contributed by atoms with van der Waals surface area (Å²) in [6.07, 6.45) is 1.92. The topological polar surface area (TPSA) is 37.4 Å². The number of rotatable bonds is 3. The molecule has 2 aromatic carbocycles. The minimum absolute atomic E-state index is 0.240. The highest BCUT2D eigenvalue weighted by molar-refractivity contribution is 7.89. The number of aryl methyl sites for hydroxylation is 1. The van der Waals surface area contributed by atoms with Crippen LogP contribution in [0.25, 0.3) is 6.08 Å². The Bertz CT molecular complexity index is 855. The third-order valence-electron chi connectivity index (χ3n) is 3.27. The van der Waals surface area contributed by atoms with Crippen molar-refractivity contribution in [1.29, 1.82) is 0 Å². The number of nitrogens with zero attached hydrogens (tertiary/aromatic N) is 1. The van der Waals surface area contributed by atoms with Gasteiger partial charge >= 0.3 is 0 Å². The van der Waals surface area contributed by atoms with Gasteiger partial charge in [-0.05, 0) is 43.5 Å². The summed E-state index contributed by atoms with van der Waals surface area (Å²) in [6, 6.07) is 19.2. The zero-order chi connectivity index (χ0) is 16.9. The van der Waals surface area contributed by atoms with E-state index in [0.717, 1.165) is 21.0 Å². The first kappa shape index (κ1) is 16.9. The molecule has 0 aliphatic heterocycles. The second kappa shape index (κ2) is 7.17. The molecule has 0 unspecified atom stereocenters. The Morgan fingerprint density at radius 2 is 1.65 bits per heavy atom. The summed E-state index contributed by atoms with van der Waals surface area (Å²) in [4.78, 5) is 0.240. The molecule has 2 aromatic rings. The van der Waals surface area contributed by atoms with Gasteiger partial charge in [-0.15, -0.1) is 0 Å². The first-order valence-electron chi connectivity index (χ1n) is 7.20. The first-order valence-corrected chi connectivity index (χ1v) is 8.64. The number of benzene rings is 2. The summed E-state index contributed by atoms with van der Waals surface area (Å²) in [5, 5.41) is 0. The molecule has 0 heterocycles. The molecule has 3 nitrogen and oxygen atoms in total. The van der Waals surface area contributed by atoms with Gasteiger partial charge < -0.3 is 0 Å². The van der Waals surface area contributed by atoms with E-state index in [-0.39, 0.29) is 4.90 Å². The molecule has 0 spiro atoms. The van der Waals surface area contributed by atoms with Crippen molar-refractivity contribution in [2.75, 3.05) is 7.05 Å². The van der Waals surface area contributed by atoms with Crippen LogP contribution in [0.1, 0.15) is 18.1 Å². The molecular weight excluding hydrogens is 306 g/mol. The summed E-state index contributed by atoms with van der Waals surface area (Å²) in [5.41, 5.74) is 2.84. The molecule has 0 saturated heterocycles. The molecular formula is C19H19NO2S. The molecule has 0 aliphatic carbocycles. The summed E-state index contributed by atoms with van der Waals surface area (Å²) in [5.74, 6) is 2.88. The maximum atomic E-state index is 12.4. The van der Waals surface area contributed by atoms with Crippen LogP contribution in [0.5, 0.6) is 0 Å². The van der Waals surface area contributed by atoms with Crippen LogP contribution in [0.4, 0.5) is 0 Å². The number of hydrogen-bond donors (Lipinski definition) is 0. The maximum absolute atomic E-state index is 12.4. The van der Waals surface area contributed by atoms with Crippen molar-refractivity contribution >= 4 is 16.1 Å². The van der Waals surface area contributed by atoms with Crippen LogP contribution in [0, 0.1) is 18.9 Å². The Balaban J connectivity index is 2.20. The van der Waals surface area contributed by atoms with Crippen molar-refractivity contribution in [2.45, 2.75) is 18.7 Å². The van der Waals surface area contributed by atoms with E-state index in [1.54, 1.807) is 24.3 Å². The molecule has 0 fully saturated rings. The number of hydrogen-bond acceptors (Lipinski definition) is 2. The van der Waals surface area contributed by atoms with E-state index in [1.165, 1.54) is 7.05 Å². The highest BCUT2D eigenvalue weighted by Crippen LogP contribution is 2.14. The molecule has 0 aliphatic rings. The van der Waals surface area contributed by atoms with Gasteiger partial charge in [0, 0.05) is 18.7 Å². The fourth-order valence-corrected chi connectivity index (χ4v) is 2.89. The fourth-order valence-electron chi connectivity index (χ4n) is 1.93. The molecule has 0 saturated carbocycles. The fraction of sp³-hybridized carbons (Fsp3) is 0.158. The summed E-state index contributed by atoms with van der Waals surface area (Å²) < 4.78 is 25.9. The van der Waals surface area contributed by atoms with Crippen molar-refractivity contribution in [3.05, 3.63) is 71.3 Å². The molecule has 0 bridgehead atoms. The smallest absolute Gasteiger partial charge is 0.227 e. The average Bonchev–Trinajstić information content (AvgIpc) is 2.54. The molecule has 2 rings (SSSR count). The monoisotopic (exact) mass is 325 g/mol. The molecule has 4 heteroatoms. The van der Waals surface area contributed by atoms with Crippen molar-refractivity contribution in [2.24, 2.45) is 0 Å². The van der Waals surface area contributed by atoms with E-state index in [4.69, 9.17) is 0 Å². The third kappa shape index (κ3) is 4.48. The second-order valence-corrected chi connectivity index (χ2v) is 7.23. The predicted molar refractivity (Wildman–Crippen MR) is 94.0 cm³/mol. The zero-order valence-corrected chi connectivity index (χ0v) is 14.3. The van der Waals surface area contributed by atoms with Gasteiger partial charge in [0.05, 0.1) is 4.90 Å². The van der Waals surface area contributed by atoms with Gasteiger partial charge in [0.2, 0.25) is 0 Å². The van der Waals surface area contributed by atoms with Gasteiger partial charge in [-0.25, -0.2) is 12.7 Å². The summed E-state index contributed by atoms with van der Waals surface area (Å²) in [6.45, 7) is 3.77. The Kier molecular flexibility index (Phi) is 5.25. The lowest BCUT2D eigenvalue weighted by Crippen LogP contribution is -2.22. The zero-order valence-electron chi connectivity index (χ0n) is 13.4. The maximum Gasteiger partial charge on any atom is 0.270 e. The van der Waals surface area contributed by atoms with Crippen molar-refractivity contribution < 1.29 is 8.42 Å². The lowest BCUT2D eigenvalue weighted by molar-refractivity contribution is 0.547. The quantitative estimate of drug-likeness (QED) is 0.638. The average molecular weight is 325 g/mol. The molecule has 0 aromatic heterocycles. The van der Waals surface area contributed by atoms with Gasteiger partial charge in [0.25, 0.3) is 10.0 Å². The largest absolute Gasteiger partial charge is 0.270 e. The Morgan fingerprint density at radius 3 is 2.26 bits per heavy atom. The van der Waals surface area contributed by atoms with Crippen LogP contribution in [-0.2, 0) is 10.0 Å². The van der Waals surface area contributed by atoms with Crippen LogP contribution in [0.2, 0.25) is 0 Å². The van der Waals surface area contributed by atoms with Crippen molar-refractivity contribution in [3.8, 4) is 12.0 Å². The minimum atomic E-state index is -3.59. The van der Waals surface area contributed by atoms with Gasteiger partial charge in [-0.2, -0.15) is 0 Å². The molecule has 0 radical (unpaired) electrons. The van der Waals surface area contributed by atoms with Crippen LogP contribution in [0.15, 0.2) is 65.1 Å². The van der Waals surface area contributed by atoms with Crippen LogP contribution in [-0.4, -0.2) is 19.8 Å². The third-order valence-corrected chi connectivity index (χ3v) is 4.95. The number of sulfonamides is 1. The lowest BCUT2D eigenvalue weighted by Gasteiger charge is -2.12. The Hall–Kier alpha value is -2.51. The minimum Gasteiger partial charge on any atom is -0.227 e. The van der Waals surface area contributed by atoms with E-state index >= 15 is 0 Å². The van der Waals surface area contributed by atoms with Gasteiger partial charge in [0.15, 0.2) is 0 Å². The Morgan fingerprint density at radius 1 is 1.04 bits per heavy atom. The standard InChI is InChI=1S/C19H19NO2S/c1-16-9-11-19(12-10-16)23(21,22)20(3)14-13-17(2)15-18-7-5-4-6-8-18/h4-12,15H,1-3H3/b17-15+. The molecule has 0 amide bonds. The SMILES string of the molecule is C/C(C#CN(C)S(=O)(=O)c1ccc(C)cc1)=C\c1ccccc1. The molecule has 118 valence electrons. The van der Waals surface area contributed by atoms with Crippen molar-refractivity contribution in [1.82, 2.24) is 4.31 Å². The highest BCUT2D eigenvalue weighted by atomic mass is 32.2. The van der Waals surface area contributed by atoms with E-state index < -0.39 is 10.0 Å². The van der Waals surface area contributed by atoms with Crippen molar-refractivity contribution in [3.63, 3.8) is 0 Å². The summed E-state index contributed by atoms with van der Waals surface area (Å²) >= 11 is 0. The van der Waals surface area contributed by atoms with Crippen LogP contribution >= 0.6 is 0 Å². The van der Waals surface area contributed by atoms with E-state index in [2.05, 4.69) is 12.0 Å². The molecule has 0 N–H and O–H groups in total. The van der Waals surface area contributed by atoms with Gasteiger partial charge in [-0.3, -0.25) is 0 Å². The van der Waals surface area contributed by atoms with E-state index in [9.17, 15) is 8.42 Å². The highest BCUT2D eigenvalue weighted by Gasteiger charge is 2.17. The lowest BCUT2D eigenvalue weighted by atomic mass is 10.1.